The molecule has 1 unspecified atom stereocenters. The molecule has 0 saturated carbocycles. The van der Waals surface area contributed by atoms with E-state index in [9.17, 15) is 4.79 Å². The summed E-state index contributed by atoms with van der Waals surface area (Å²) in [5, 5.41) is 7.26. The van der Waals surface area contributed by atoms with Crippen LogP contribution in [0.4, 0.5) is 5.95 Å². The Labute approximate surface area is 195 Å². The van der Waals surface area contributed by atoms with E-state index in [0.717, 1.165) is 47.7 Å². The summed E-state index contributed by atoms with van der Waals surface area (Å²) in [4.78, 5) is 26.5. The van der Waals surface area contributed by atoms with Gasteiger partial charge in [0, 0.05) is 50.6 Å². The third-order valence-corrected chi connectivity index (χ3v) is 6.12. The van der Waals surface area contributed by atoms with Gasteiger partial charge in [-0.05, 0) is 42.5 Å². The number of hydrogen-bond acceptors (Lipinski definition) is 6. The second-order valence-corrected chi connectivity index (χ2v) is 9.05. The lowest BCUT2D eigenvalue weighted by atomic mass is 9.89. The summed E-state index contributed by atoms with van der Waals surface area (Å²) in [7, 11) is 5.53. The SMILES string of the molecule is COc1cccc(-c2cnc(N(C)C)nc2C2CCCN(C(=O)c3cc(C(C)C)[nH]n3)C2)c1. The van der Waals surface area contributed by atoms with Crippen molar-refractivity contribution >= 4 is 11.9 Å². The van der Waals surface area contributed by atoms with Crippen LogP contribution in [0.2, 0.25) is 0 Å². The predicted molar refractivity (Wildman–Crippen MR) is 129 cm³/mol. The van der Waals surface area contributed by atoms with E-state index in [4.69, 9.17) is 9.72 Å². The smallest absolute Gasteiger partial charge is 0.274 e. The molecule has 1 aliphatic rings. The zero-order valence-electron chi connectivity index (χ0n) is 20.0. The van der Waals surface area contributed by atoms with Crippen molar-refractivity contribution in [2.45, 2.75) is 38.5 Å². The Morgan fingerprint density at radius 1 is 1.27 bits per heavy atom. The Morgan fingerprint density at radius 3 is 2.79 bits per heavy atom. The number of nitrogens with one attached hydrogen (secondary N) is 1. The van der Waals surface area contributed by atoms with Gasteiger partial charge in [0.1, 0.15) is 11.4 Å². The van der Waals surface area contributed by atoms with Crippen LogP contribution in [-0.2, 0) is 0 Å². The fraction of sp³-hybridized carbons (Fsp3) is 0.440. The van der Waals surface area contributed by atoms with Crippen molar-refractivity contribution in [3.63, 3.8) is 0 Å². The second-order valence-electron chi connectivity index (χ2n) is 9.05. The highest BCUT2D eigenvalue weighted by Gasteiger charge is 2.30. The van der Waals surface area contributed by atoms with E-state index < -0.39 is 0 Å². The fourth-order valence-electron chi connectivity index (χ4n) is 4.21. The number of H-pyrrole nitrogens is 1. The van der Waals surface area contributed by atoms with Crippen molar-refractivity contribution in [1.29, 1.82) is 0 Å². The van der Waals surface area contributed by atoms with Crippen LogP contribution in [0.3, 0.4) is 0 Å². The van der Waals surface area contributed by atoms with Gasteiger partial charge in [0.15, 0.2) is 0 Å². The van der Waals surface area contributed by atoms with Gasteiger partial charge in [0.25, 0.3) is 5.91 Å². The molecular formula is C25H32N6O2. The molecule has 3 aromatic rings. The number of ether oxygens (including phenoxy) is 1. The lowest BCUT2D eigenvalue weighted by molar-refractivity contribution is 0.0700. The number of benzene rings is 1. The van der Waals surface area contributed by atoms with E-state index in [-0.39, 0.29) is 11.8 Å². The molecule has 1 fully saturated rings. The maximum atomic E-state index is 13.2. The quantitative estimate of drug-likeness (QED) is 0.611. The third kappa shape index (κ3) is 4.84. The van der Waals surface area contributed by atoms with Crippen LogP contribution in [0, 0.1) is 0 Å². The molecule has 0 bridgehead atoms. The van der Waals surface area contributed by atoms with Gasteiger partial charge in [-0.15, -0.1) is 0 Å². The third-order valence-electron chi connectivity index (χ3n) is 6.12. The van der Waals surface area contributed by atoms with Crippen LogP contribution in [0.1, 0.15) is 60.4 Å². The first-order valence-electron chi connectivity index (χ1n) is 11.4. The minimum Gasteiger partial charge on any atom is -0.497 e. The highest BCUT2D eigenvalue weighted by molar-refractivity contribution is 5.92. The standard InChI is InChI=1S/C25H32N6O2/c1-16(2)21-13-22(29-28-21)24(32)31-11-7-9-18(15-31)23-20(14-26-25(27-23)30(3)4)17-8-6-10-19(12-17)33-5/h6,8,10,12-14,16,18H,7,9,11,15H2,1-5H3,(H,28,29). The average Bonchev–Trinajstić information content (AvgIpc) is 3.34. The minimum absolute atomic E-state index is 0.0346. The van der Waals surface area contributed by atoms with Crippen LogP contribution in [0.15, 0.2) is 36.5 Å². The molecular weight excluding hydrogens is 416 g/mol. The van der Waals surface area contributed by atoms with Crippen molar-refractivity contribution in [3.8, 4) is 16.9 Å². The highest BCUT2D eigenvalue weighted by Crippen LogP contribution is 2.35. The first-order valence-corrected chi connectivity index (χ1v) is 11.4. The Bertz CT molecular complexity index is 1120. The molecule has 3 heterocycles. The van der Waals surface area contributed by atoms with Gasteiger partial charge in [0.2, 0.25) is 5.95 Å². The number of likely N-dealkylation sites (tertiary alicyclic amines) is 1. The molecule has 1 atom stereocenters. The molecule has 1 N–H and O–H groups in total. The molecule has 1 amide bonds. The molecule has 8 nitrogen and oxygen atoms in total. The molecule has 174 valence electrons. The molecule has 1 aliphatic heterocycles. The van der Waals surface area contributed by atoms with Gasteiger partial charge >= 0.3 is 0 Å². The normalized spacial score (nSPS) is 16.2. The summed E-state index contributed by atoms with van der Waals surface area (Å²) in [6.07, 6.45) is 3.76. The number of carbonyl (C=O) groups excluding carboxylic acids is 1. The fourth-order valence-corrected chi connectivity index (χ4v) is 4.21. The number of piperidine rings is 1. The van der Waals surface area contributed by atoms with Crippen molar-refractivity contribution in [2.24, 2.45) is 0 Å². The number of aromatic nitrogens is 4. The van der Waals surface area contributed by atoms with Crippen LogP contribution in [0.5, 0.6) is 5.75 Å². The number of aromatic amines is 1. The summed E-state index contributed by atoms with van der Waals surface area (Å²) in [5.41, 5.74) is 4.39. The van der Waals surface area contributed by atoms with E-state index in [1.165, 1.54) is 0 Å². The largest absolute Gasteiger partial charge is 0.497 e. The maximum absolute atomic E-state index is 13.2. The van der Waals surface area contributed by atoms with E-state index in [1.54, 1.807) is 7.11 Å². The first kappa shape index (κ1) is 22.8. The van der Waals surface area contributed by atoms with Gasteiger partial charge in [-0.1, -0.05) is 26.0 Å². The van der Waals surface area contributed by atoms with Gasteiger partial charge in [-0.2, -0.15) is 5.10 Å². The van der Waals surface area contributed by atoms with E-state index >= 15 is 0 Å². The van der Waals surface area contributed by atoms with Crippen LogP contribution >= 0.6 is 0 Å². The van der Waals surface area contributed by atoms with Crippen molar-refractivity contribution < 1.29 is 9.53 Å². The topological polar surface area (TPSA) is 87.2 Å². The van der Waals surface area contributed by atoms with Gasteiger partial charge in [0.05, 0.1) is 12.8 Å². The zero-order valence-corrected chi connectivity index (χ0v) is 20.0. The van der Waals surface area contributed by atoms with Gasteiger partial charge in [-0.25, -0.2) is 9.97 Å². The molecule has 0 spiro atoms. The van der Waals surface area contributed by atoms with Crippen LogP contribution < -0.4 is 9.64 Å². The Morgan fingerprint density at radius 2 is 2.09 bits per heavy atom. The van der Waals surface area contributed by atoms with Gasteiger partial charge < -0.3 is 14.5 Å². The number of methoxy groups -OCH3 is 1. The summed E-state index contributed by atoms with van der Waals surface area (Å²) in [6, 6.07) is 9.81. The van der Waals surface area contributed by atoms with Crippen LogP contribution in [-0.4, -0.2) is 65.3 Å². The number of anilines is 1. The number of carbonyl (C=O) groups is 1. The van der Waals surface area contributed by atoms with E-state index in [0.29, 0.717) is 24.1 Å². The molecule has 0 radical (unpaired) electrons. The van der Waals surface area contributed by atoms with Crippen molar-refractivity contribution in [1.82, 2.24) is 25.1 Å². The molecule has 0 aliphatic carbocycles. The number of amides is 1. The highest BCUT2D eigenvalue weighted by atomic mass is 16.5. The number of rotatable bonds is 6. The van der Waals surface area contributed by atoms with Gasteiger partial charge in [-0.3, -0.25) is 9.89 Å². The second kappa shape index (κ2) is 9.60. The van der Waals surface area contributed by atoms with Crippen molar-refractivity contribution in [3.05, 3.63) is 53.6 Å². The Hall–Kier alpha value is -3.42. The summed E-state index contributed by atoms with van der Waals surface area (Å²) in [5.74, 6) is 1.81. The lowest BCUT2D eigenvalue weighted by Crippen LogP contribution is -2.39. The molecule has 1 saturated heterocycles. The summed E-state index contributed by atoms with van der Waals surface area (Å²) < 4.78 is 5.43. The molecule has 4 rings (SSSR count). The van der Waals surface area contributed by atoms with Crippen molar-refractivity contribution in [2.75, 3.05) is 39.2 Å². The molecule has 2 aromatic heterocycles. The molecule has 33 heavy (non-hydrogen) atoms. The minimum atomic E-state index is -0.0346. The van der Waals surface area contributed by atoms with E-state index in [2.05, 4.69) is 29.0 Å². The number of hydrogen-bond donors (Lipinski definition) is 1. The predicted octanol–water partition coefficient (Wildman–Crippen LogP) is 4.08. The monoisotopic (exact) mass is 448 g/mol. The lowest BCUT2D eigenvalue weighted by Gasteiger charge is -2.33. The average molecular weight is 449 g/mol. The Kier molecular flexibility index (Phi) is 6.62. The summed E-state index contributed by atoms with van der Waals surface area (Å²) in [6.45, 7) is 5.48. The number of nitrogens with zero attached hydrogens (tertiary/aromatic N) is 5. The molecule has 1 aromatic carbocycles. The Balaban J connectivity index is 1.66. The zero-order chi connectivity index (χ0) is 23.5. The maximum Gasteiger partial charge on any atom is 0.274 e. The first-order chi connectivity index (χ1) is 15.9. The van der Waals surface area contributed by atoms with Crippen LogP contribution in [0.25, 0.3) is 11.1 Å². The van der Waals surface area contributed by atoms with E-state index in [1.807, 2.05) is 60.4 Å². The molecule has 8 heteroatoms. The summed E-state index contributed by atoms with van der Waals surface area (Å²) >= 11 is 0.